The van der Waals surface area contributed by atoms with E-state index in [9.17, 15) is 18.0 Å². The molecule has 36 heavy (non-hydrogen) atoms. The van der Waals surface area contributed by atoms with Crippen molar-refractivity contribution in [2.24, 2.45) is 11.7 Å². The van der Waals surface area contributed by atoms with Gasteiger partial charge in [-0.2, -0.15) is 13.2 Å². The molecule has 0 bridgehead atoms. The van der Waals surface area contributed by atoms with Gasteiger partial charge in [0.25, 0.3) is 0 Å². The first-order chi connectivity index (χ1) is 17.3. The Hall–Kier alpha value is -3.18. The molecule has 1 atom stereocenters. The fraction of sp³-hybridized carbons (Fsp3) is 0.480. The Bertz CT molecular complexity index is 1220. The van der Waals surface area contributed by atoms with Gasteiger partial charge in [0.15, 0.2) is 0 Å². The van der Waals surface area contributed by atoms with E-state index in [0.717, 1.165) is 49.6 Å². The number of anilines is 1. The van der Waals surface area contributed by atoms with Gasteiger partial charge in [-0.1, -0.05) is 12.1 Å². The maximum atomic E-state index is 13.3. The number of nitrogens with zero attached hydrogens (tertiary/aromatic N) is 5. The number of nitrogens with two attached hydrogens (primary N) is 1. The van der Waals surface area contributed by atoms with Gasteiger partial charge in [-0.05, 0) is 55.6 Å². The number of ether oxygens (including phenoxy) is 1. The fourth-order valence-corrected chi connectivity index (χ4v) is 5.25. The summed E-state index contributed by atoms with van der Waals surface area (Å²) in [6, 6.07) is 7.00. The predicted molar refractivity (Wildman–Crippen MR) is 128 cm³/mol. The van der Waals surface area contributed by atoms with Crippen molar-refractivity contribution in [2.45, 2.75) is 31.6 Å². The van der Waals surface area contributed by atoms with Gasteiger partial charge in [0.05, 0.1) is 36.8 Å². The number of aromatic nitrogens is 3. The molecule has 2 aliphatic rings. The molecule has 4 heterocycles. The van der Waals surface area contributed by atoms with Crippen LogP contribution < -0.4 is 10.6 Å². The molecule has 0 unspecified atom stereocenters. The Balaban J connectivity index is 1.38. The van der Waals surface area contributed by atoms with Crippen LogP contribution >= 0.6 is 0 Å². The van der Waals surface area contributed by atoms with Gasteiger partial charge >= 0.3 is 6.18 Å². The molecule has 0 saturated carbocycles. The molecule has 0 radical (unpaired) electrons. The molecule has 2 N–H and O–H groups in total. The molecule has 2 fully saturated rings. The van der Waals surface area contributed by atoms with Crippen LogP contribution in [0.4, 0.5) is 19.0 Å². The number of carbonyl (C=O) groups is 1. The molecular formula is C25H29F3N6O2. The van der Waals surface area contributed by atoms with Crippen LogP contribution in [0, 0.1) is 5.92 Å². The van der Waals surface area contributed by atoms with Crippen LogP contribution in [0.1, 0.15) is 30.0 Å². The molecule has 3 aromatic rings. The summed E-state index contributed by atoms with van der Waals surface area (Å²) in [5.41, 5.74) is 5.98. The van der Waals surface area contributed by atoms with Crippen molar-refractivity contribution in [3.63, 3.8) is 0 Å². The van der Waals surface area contributed by atoms with E-state index < -0.39 is 17.8 Å². The second-order valence-corrected chi connectivity index (χ2v) is 9.50. The van der Waals surface area contributed by atoms with Crippen molar-refractivity contribution in [1.82, 2.24) is 19.4 Å². The number of fused-ring (bicyclic) bond motifs is 1. The fourth-order valence-electron chi connectivity index (χ4n) is 5.25. The number of benzene rings is 1. The first kappa shape index (κ1) is 24.5. The zero-order valence-electron chi connectivity index (χ0n) is 19.8. The summed E-state index contributed by atoms with van der Waals surface area (Å²) in [7, 11) is 0. The zero-order valence-corrected chi connectivity index (χ0v) is 19.8. The number of rotatable bonds is 6. The average molecular weight is 503 g/mol. The molecule has 11 heteroatoms. The monoisotopic (exact) mass is 502 g/mol. The third-order valence-corrected chi connectivity index (χ3v) is 7.08. The molecule has 0 aliphatic carbocycles. The highest BCUT2D eigenvalue weighted by atomic mass is 19.4. The quantitative estimate of drug-likeness (QED) is 0.557. The van der Waals surface area contributed by atoms with Gasteiger partial charge < -0.3 is 19.9 Å². The molecule has 1 amide bonds. The molecule has 2 aromatic heterocycles. The van der Waals surface area contributed by atoms with Crippen molar-refractivity contribution >= 4 is 22.8 Å². The Kier molecular flexibility index (Phi) is 6.85. The van der Waals surface area contributed by atoms with Crippen LogP contribution in [-0.4, -0.2) is 64.7 Å². The molecule has 1 aromatic carbocycles. The maximum absolute atomic E-state index is 13.3. The van der Waals surface area contributed by atoms with Gasteiger partial charge in [0.1, 0.15) is 17.8 Å². The van der Waals surface area contributed by atoms with Gasteiger partial charge in [-0.15, -0.1) is 0 Å². The highest BCUT2D eigenvalue weighted by Gasteiger charge is 2.33. The Labute approximate surface area is 206 Å². The van der Waals surface area contributed by atoms with E-state index >= 15 is 0 Å². The van der Waals surface area contributed by atoms with E-state index in [1.165, 1.54) is 18.5 Å². The first-order valence-electron chi connectivity index (χ1n) is 12.1. The Morgan fingerprint density at radius 2 is 1.94 bits per heavy atom. The van der Waals surface area contributed by atoms with Crippen LogP contribution in [0.2, 0.25) is 0 Å². The minimum Gasteiger partial charge on any atom is -0.377 e. The highest BCUT2D eigenvalue weighted by molar-refractivity contribution is 5.88. The third kappa shape index (κ3) is 5.17. The van der Waals surface area contributed by atoms with Crippen LogP contribution in [0.15, 0.2) is 42.9 Å². The number of alkyl halides is 3. The molecule has 2 saturated heterocycles. The zero-order chi connectivity index (χ0) is 25.3. The SMILES string of the molecule is NC(=O)CN1CCC(Cn2ccc3c(N4CCOC[C@H]4c4cccc(C(F)(F)F)c4)ncnc32)CC1. The Morgan fingerprint density at radius 1 is 1.14 bits per heavy atom. The van der Waals surface area contributed by atoms with Crippen LogP contribution in [-0.2, 0) is 22.3 Å². The van der Waals surface area contributed by atoms with E-state index in [1.807, 2.05) is 17.2 Å². The van der Waals surface area contributed by atoms with Crippen LogP contribution in [0.5, 0.6) is 0 Å². The van der Waals surface area contributed by atoms with Crippen LogP contribution in [0.25, 0.3) is 11.0 Å². The molecule has 5 rings (SSSR count). The standard InChI is InChI=1S/C25H29F3N6O2/c26-25(27,28)19-3-1-2-18(12-19)21-15-36-11-10-34(21)24-20-6-9-33(23(20)30-16-31-24)13-17-4-7-32(8-5-17)14-22(29)35/h1-3,6,9,12,16-17,21H,4-5,7-8,10-11,13-15H2,(H2,29,35)/t21-/m0/s1. The van der Waals surface area contributed by atoms with E-state index in [-0.39, 0.29) is 12.5 Å². The number of carbonyl (C=O) groups excluding carboxylic acids is 1. The second kappa shape index (κ2) is 10.1. The number of likely N-dealkylation sites (tertiary alicyclic amines) is 1. The summed E-state index contributed by atoms with van der Waals surface area (Å²) in [6.07, 6.45) is 1.03. The van der Waals surface area contributed by atoms with E-state index in [0.29, 0.717) is 37.0 Å². The summed E-state index contributed by atoms with van der Waals surface area (Å²) >= 11 is 0. The van der Waals surface area contributed by atoms with Gasteiger partial charge in [-0.3, -0.25) is 9.69 Å². The number of halogens is 3. The summed E-state index contributed by atoms with van der Waals surface area (Å²) in [6.45, 7) is 4.01. The van der Waals surface area contributed by atoms with Gasteiger partial charge in [0.2, 0.25) is 5.91 Å². The minimum atomic E-state index is -4.41. The van der Waals surface area contributed by atoms with Gasteiger partial charge in [0, 0.05) is 19.3 Å². The lowest BCUT2D eigenvalue weighted by molar-refractivity contribution is -0.137. The lowest BCUT2D eigenvalue weighted by Crippen LogP contribution is -2.40. The van der Waals surface area contributed by atoms with Crippen molar-refractivity contribution in [2.75, 3.05) is 44.3 Å². The first-order valence-corrected chi connectivity index (χ1v) is 12.1. The molecule has 0 spiro atoms. The molecule has 2 aliphatic heterocycles. The summed E-state index contributed by atoms with van der Waals surface area (Å²) in [5.74, 6) is 0.839. The van der Waals surface area contributed by atoms with Crippen molar-refractivity contribution < 1.29 is 22.7 Å². The number of hydrogen-bond donors (Lipinski definition) is 1. The van der Waals surface area contributed by atoms with E-state index in [4.69, 9.17) is 10.5 Å². The lowest BCUT2D eigenvalue weighted by Gasteiger charge is -2.37. The molecular weight excluding hydrogens is 473 g/mol. The van der Waals surface area contributed by atoms with Crippen molar-refractivity contribution in [3.05, 3.63) is 54.0 Å². The van der Waals surface area contributed by atoms with Crippen molar-refractivity contribution in [1.29, 1.82) is 0 Å². The number of hydrogen-bond acceptors (Lipinski definition) is 6. The number of primary amides is 1. The van der Waals surface area contributed by atoms with Crippen LogP contribution in [0.3, 0.4) is 0 Å². The minimum absolute atomic E-state index is 0.275. The molecule has 8 nitrogen and oxygen atoms in total. The van der Waals surface area contributed by atoms with Crippen molar-refractivity contribution in [3.8, 4) is 0 Å². The number of morpholine rings is 1. The molecule has 192 valence electrons. The summed E-state index contributed by atoms with van der Waals surface area (Å²) in [5, 5.41) is 0.863. The Morgan fingerprint density at radius 3 is 2.69 bits per heavy atom. The topological polar surface area (TPSA) is 89.5 Å². The predicted octanol–water partition coefficient (Wildman–Crippen LogP) is 3.23. The van der Waals surface area contributed by atoms with E-state index in [2.05, 4.69) is 19.4 Å². The maximum Gasteiger partial charge on any atom is 0.416 e. The smallest absolute Gasteiger partial charge is 0.377 e. The summed E-state index contributed by atoms with van der Waals surface area (Å²) in [4.78, 5) is 24.4. The van der Waals surface area contributed by atoms with E-state index in [1.54, 1.807) is 6.07 Å². The number of amides is 1. The largest absolute Gasteiger partial charge is 0.416 e. The number of piperidine rings is 1. The third-order valence-electron chi connectivity index (χ3n) is 7.08. The summed E-state index contributed by atoms with van der Waals surface area (Å²) < 4.78 is 47.8. The average Bonchev–Trinajstić information content (AvgIpc) is 3.27. The normalized spacial score (nSPS) is 20.2. The van der Waals surface area contributed by atoms with Gasteiger partial charge in [-0.25, -0.2) is 9.97 Å². The second-order valence-electron chi connectivity index (χ2n) is 9.50. The lowest BCUT2D eigenvalue weighted by atomic mass is 9.96. The highest BCUT2D eigenvalue weighted by Crippen LogP contribution is 2.36.